The van der Waals surface area contributed by atoms with Crippen LogP contribution in [0.4, 0.5) is 18.9 Å². The van der Waals surface area contributed by atoms with Gasteiger partial charge < -0.3 is 5.32 Å². The Labute approximate surface area is 146 Å². The van der Waals surface area contributed by atoms with Gasteiger partial charge in [0.1, 0.15) is 6.54 Å². The molecule has 0 spiro atoms. The monoisotopic (exact) mass is 373 g/mol. The molecular formula is C16H15ClF3N3O2. The number of nitrogens with zero attached hydrogens (tertiary/aromatic N) is 2. The highest BCUT2D eigenvalue weighted by atomic mass is 35.5. The van der Waals surface area contributed by atoms with Crippen LogP contribution in [-0.2, 0) is 17.5 Å². The number of nitrogens with one attached hydrogen (secondary N) is 1. The molecule has 0 aliphatic rings. The molecule has 1 aromatic carbocycles. The van der Waals surface area contributed by atoms with E-state index in [-0.39, 0.29) is 16.6 Å². The summed E-state index contributed by atoms with van der Waals surface area (Å²) in [4.78, 5) is 28.1. The number of carbonyl (C=O) groups is 1. The number of alkyl halides is 3. The molecule has 1 N–H and O–H groups in total. The predicted molar refractivity (Wildman–Crippen MR) is 87.7 cm³/mol. The fourth-order valence-electron chi connectivity index (χ4n) is 2.02. The smallest absolute Gasteiger partial charge is 0.323 e. The number of hydrogen-bond donors (Lipinski definition) is 1. The lowest BCUT2D eigenvalue weighted by Gasteiger charge is -2.12. The van der Waals surface area contributed by atoms with Crippen LogP contribution in [0.3, 0.4) is 0 Å². The fourth-order valence-corrected chi connectivity index (χ4v) is 2.18. The zero-order chi connectivity index (χ0) is 18.8. The van der Waals surface area contributed by atoms with Gasteiger partial charge in [0, 0.05) is 6.07 Å². The number of hydrogen-bond acceptors (Lipinski definition) is 3. The third kappa shape index (κ3) is 4.82. The third-order valence-corrected chi connectivity index (χ3v) is 3.70. The number of amides is 1. The van der Waals surface area contributed by atoms with E-state index in [4.69, 9.17) is 11.6 Å². The number of rotatable bonds is 4. The van der Waals surface area contributed by atoms with Crippen molar-refractivity contribution in [3.05, 3.63) is 57.2 Å². The second-order valence-corrected chi connectivity index (χ2v) is 6.08. The lowest BCUT2D eigenvalue weighted by molar-refractivity contribution is -0.137. The van der Waals surface area contributed by atoms with Gasteiger partial charge in [-0.25, -0.2) is 4.98 Å². The zero-order valence-electron chi connectivity index (χ0n) is 13.4. The maximum atomic E-state index is 12.7. The van der Waals surface area contributed by atoms with E-state index < -0.39 is 29.8 Å². The van der Waals surface area contributed by atoms with E-state index in [1.54, 1.807) is 0 Å². The number of anilines is 1. The van der Waals surface area contributed by atoms with Gasteiger partial charge in [0.2, 0.25) is 5.91 Å². The average molecular weight is 374 g/mol. The van der Waals surface area contributed by atoms with E-state index in [0.717, 1.165) is 22.8 Å². The first kappa shape index (κ1) is 19.0. The average Bonchev–Trinajstić information content (AvgIpc) is 2.50. The van der Waals surface area contributed by atoms with Crippen LogP contribution in [0.25, 0.3) is 0 Å². The van der Waals surface area contributed by atoms with Gasteiger partial charge >= 0.3 is 6.18 Å². The topological polar surface area (TPSA) is 64.0 Å². The van der Waals surface area contributed by atoms with Crippen LogP contribution < -0.4 is 10.9 Å². The van der Waals surface area contributed by atoms with E-state index in [1.807, 2.05) is 13.8 Å². The quantitative estimate of drug-likeness (QED) is 0.889. The Morgan fingerprint density at radius 1 is 1.32 bits per heavy atom. The molecule has 0 radical (unpaired) electrons. The van der Waals surface area contributed by atoms with Gasteiger partial charge in [-0.2, -0.15) is 13.2 Å². The molecule has 0 fully saturated rings. The van der Waals surface area contributed by atoms with Crippen molar-refractivity contribution in [2.75, 3.05) is 5.32 Å². The van der Waals surface area contributed by atoms with Gasteiger partial charge in [-0.15, -0.1) is 0 Å². The summed E-state index contributed by atoms with van der Waals surface area (Å²) in [5, 5.41) is 2.24. The summed E-state index contributed by atoms with van der Waals surface area (Å²) in [6.07, 6.45) is -3.33. The molecule has 0 unspecified atom stereocenters. The van der Waals surface area contributed by atoms with Crippen LogP contribution in [0.2, 0.25) is 5.02 Å². The van der Waals surface area contributed by atoms with Crippen molar-refractivity contribution in [3.63, 3.8) is 0 Å². The standard InChI is InChI=1S/C16H15ClF3N3O2/c1-9(2)12-6-15(25)23(8-21-12)7-14(24)22-13-5-10(16(18,19)20)3-4-11(13)17/h3-6,8-9H,7H2,1-2H3,(H,22,24). The third-order valence-electron chi connectivity index (χ3n) is 3.37. The molecule has 2 rings (SSSR count). The van der Waals surface area contributed by atoms with Crippen LogP contribution in [-0.4, -0.2) is 15.5 Å². The molecular weight excluding hydrogens is 359 g/mol. The Kier molecular flexibility index (Phi) is 5.52. The molecule has 0 aliphatic carbocycles. The van der Waals surface area contributed by atoms with Crippen molar-refractivity contribution >= 4 is 23.2 Å². The van der Waals surface area contributed by atoms with Crippen LogP contribution in [0, 0.1) is 0 Å². The molecule has 134 valence electrons. The van der Waals surface area contributed by atoms with Crippen LogP contribution in [0.5, 0.6) is 0 Å². The summed E-state index contributed by atoms with van der Waals surface area (Å²) in [6, 6.07) is 3.92. The minimum atomic E-state index is -4.56. The lowest BCUT2D eigenvalue weighted by Crippen LogP contribution is -2.28. The molecule has 25 heavy (non-hydrogen) atoms. The summed E-state index contributed by atoms with van der Waals surface area (Å²) in [5.74, 6) is -0.637. The van der Waals surface area contributed by atoms with Gasteiger partial charge in [-0.1, -0.05) is 25.4 Å². The molecule has 0 aliphatic heterocycles. The molecule has 1 amide bonds. The Bertz CT molecular complexity index is 847. The van der Waals surface area contributed by atoms with E-state index in [9.17, 15) is 22.8 Å². The van der Waals surface area contributed by atoms with E-state index in [2.05, 4.69) is 10.3 Å². The second kappa shape index (κ2) is 7.26. The first-order chi connectivity index (χ1) is 11.6. The Morgan fingerprint density at radius 3 is 2.56 bits per heavy atom. The molecule has 0 saturated carbocycles. The summed E-state index contributed by atoms with van der Waals surface area (Å²) in [6.45, 7) is 3.35. The molecule has 1 aromatic heterocycles. The first-order valence-corrected chi connectivity index (χ1v) is 7.68. The lowest BCUT2D eigenvalue weighted by atomic mass is 10.1. The van der Waals surface area contributed by atoms with Gasteiger partial charge in [0.15, 0.2) is 0 Å². The van der Waals surface area contributed by atoms with Gasteiger partial charge in [0.25, 0.3) is 5.56 Å². The number of aromatic nitrogens is 2. The Morgan fingerprint density at radius 2 is 2.00 bits per heavy atom. The van der Waals surface area contributed by atoms with Gasteiger partial charge in [-0.3, -0.25) is 14.2 Å². The van der Waals surface area contributed by atoms with Gasteiger partial charge in [-0.05, 0) is 24.1 Å². The molecule has 5 nitrogen and oxygen atoms in total. The second-order valence-electron chi connectivity index (χ2n) is 5.68. The van der Waals surface area contributed by atoms with Crippen LogP contribution in [0.1, 0.15) is 31.0 Å². The summed E-state index contributed by atoms with van der Waals surface area (Å²) >= 11 is 5.82. The molecule has 0 bridgehead atoms. The first-order valence-electron chi connectivity index (χ1n) is 7.31. The van der Waals surface area contributed by atoms with Crippen molar-refractivity contribution in [3.8, 4) is 0 Å². The summed E-state index contributed by atoms with van der Waals surface area (Å²) < 4.78 is 39.2. The van der Waals surface area contributed by atoms with Crippen LogP contribution >= 0.6 is 11.6 Å². The highest BCUT2D eigenvalue weighted by Gasteiger charge is 2.31. The molecule has 2 aromatic rings. The van der Waals surface area contributed by atoms with E-state index >= 15 is 0 Å². The Hall–Kier alpha value is -2.35. The number of carbonyl (C=O) groups excluding carboxylic acids is 1. The molecule has 1 heterocycles. The van der Waals surface area contributed by atoms with Crippen molar-refractivity contribution in [2.45, 2.75) is 32.5 Å². The maximum absolute atomic E-state index is 12.7. The van der Waals surface area contributed by atoms with Crippen molar-refractivity contribution in [1.29, 1.82) is 0 Å². The number of benzene rings is 1. The SMILES string of the molecule is CC(C)c1cc(=O)n(CC(=O)Nc2cc(C(F)(F)F)ccc2Cl)cn1. The van der Waals surface area contributed by atoms with E-state index in [0.29, 0.717) is 5.69 Å². The van der Waals surface area contributed by atoms with Crippen LogP contribution in [0.15, 0.2) is 35.4 Å². The van der Waals surface area contributed by atoms with Crippen molar-refractivity contribution in [1.82, 2.24) is 9.55 Å². The fraction of sp³-hybridized carbons (Fsp3) is 0.312. The van der Waals surface area contributed by atoms with Gasteiger partial charge in [0.05, 0.1) is 28.3 Å². The maximum Gasteiger partial charge on any atom is 0.416 e. The minimum Gasteiger partial charge on any atom is -0.323 e. The van der Waals surface area contributed by atoms with Crippen molar-refractivity contribution < 1.29 is 18.0 Å². The zero-order valence-corrected chi connectivity index (χ0v) is 14.1. The van der Waals surface area contributed by atoms with Crippen molar-refractivity contribution in [2.24, 2.45) is 0 Å². The predicted octanol–water partition coefficient (Wildman–Crippen LogP) is 3.68. The highest BCUT2D eigenvalue weighted by Crippen LogP contribution is 2.33. The van der Waals surface area contributed by atoms with E-state index in [1.165, 1.54) is 12.4 Å². The molecule has 9 heteroatoms. The molecule has 0 atom stereocenters. The summed E-state index contributed by atoms with van der Waals surface area (Å²) in [5.41, 5.74) is -0.958. The largest absolute Gasteiger partial charge is 0.416 e. The normalized spacial score (nSPS) is 11.6. The summed E-state index contributed by atoms with van der Waals surface area (Å²) in [7, 11) is 0. The Balaban J connectivity index is 2.17. The minimum absolute atomic E-state index is 0.0398. The number of halogens is 4. The highest BCUT2D eigenvalue weighted by molar-refractivity contribution is 6.33. The molecule has 0 saturated heterocycles.